The van der Waals surface area contributed by atoms with Crippen LogP contribution in [0, 0.1) is 0 Å². The van der Waals surface area contributed by atoms with Gasteiger partial charge in [0.05, 0.1) is 27.5 Å². The summed E-state index contributed by atoms with van der Waals surface area (Å²) in [5.41, 5.74) is 6.92. The van der Waals surface area contributed by atoms with Gasteiger partial charge < -0.3 is 15.8 Å². The Morgan fingerprint density at radius 1 is 0.906 bits per heavy atom. The maximum Gasteiger partial charge on any atom is 0.341 e. The van der Waals surface area contributed by atoms with Gasteiger partial charge >= 0.3 is 5.97 Å². The Labute approximate surface area is 188 Å². The fourth-order valence-electron chi connectivity index (χ4n) is 3.48. The number of benzene rings is 3. The molecule has 1 aliphatic rings. The number of rotatable bonds is 4. The van der Waals surface area contributed by atoms with Crippen LogP contribution in [0.1, 0.15) is 49.1 Å². The van der Waals surface area contributed by atoms with E-state index in [9.17, 15) is 19.2 Å². The van der Waals surface area contributed by atoms with Gasteiger partial charge in [-0.3, -0.25) is 14.4 Å². The molecule has 0 aliphatic heterocycles. The van der Waals surface area contributed by atoms with Crippen LogP contribution in [0.5, 0.6) is 0 Å². The number of hydrogen-bond acceptors (Lipinski definition) is 6. The number of nitrogen functional groups attached to an aromatic ring is 1. The van der Waals surface area contributed by atoms with E-state index in [-0.39, 0.29) is 50.2 Å². The number of para-hydroxylation sites is 1. The molecule has 0 bridgehead atoms. The molecular formula is C24H17ClN2O5. The minimum atomic E-state index is -1.21. The Morgan fingerprint density at radius 2 is 1.53 bits per heavy atom. The van der Waals surface area contributed by atoms with Crippen molar-refractivity contribution in [1.29, 1.82) is 0 Å². The first-order chi connectivity index (χ1) is 15.3. The number of esters is 1. The number of ketones is 2. The van der Waals surface area contributed by atoms with Crippen LogP contribution in [0.3, 0.4) is 0 Å². The molecule has 4 rings (SSSR count). The van der Waals surface area contributed by atoms with E-state index in [1.807, 2.05) is 0 Å². The Balaban J connectivity index is 1.57. The van der Waals surface area contributed by atoms with Crippen LogP contribution in [0.25, 0.3) is 0 Å². The molecule has 32 heavy (non-hydrogen) atoms. The predicted octanol–water partition coefficient (Wildman–Crippen LogP) is 3.88. The standard InChI is InChI=1S/C24H17ClN2O5/c1-12(32-24(31)16-9-4-10-17(25)20(16)26)23(30)27-18-11-5-8-15-19(18)22(29)14-7-3-2-6-13(14)21(15)28/h2-12H,26H2,1H3,(H,27,30). The van der Waals surface area contributed by atoms with Crippen LogP contribution >= 0.6 is 11.6 Å². The maximum atomic E-state index is 13.0. The third-order valence-electron chi connectivity index (χ3n) is 5.14. The van der Waals surface area contributed by atoms with Crippen molar-refractivity contribution in [3.05, 3.63) is 93.5 Å². The highest BCUT2D eigenvalue weighted by Crippen LogP contribution is 2.32. The van der Waals surface area contributed by atoms with Gasteiger partial charge in [0.1, 0.15) is 0 Å². The molecule has 1 atom stereocenters. The van der Waals surface area contributed by atoms with Crippen molar-refractivity contribution in [1.82, 2.24) is 0 Å². The van der Waals surface area contributed by atoms with Crippen LogP contribution in [-0.4, -0.2) is 29.5 Å². The molecule has 3 aromatic carbocycles. The van der Waals surface area contributed by atoms with Gasteiger partial charge in [0.25, 0.3) is 5.91 Å². The number of carbonyl (C=O) groups excluding carboxylic acids is 4. The van der Waals surface area contributed by atoms with Crippen LogP contribution in [0.4, 0.5) is 11.4 Å². The molecule has 1 unspecified atom stereocenters. The normalized spacial score (nSPS) is 13.1. The second-order valence-corrected chi connectivity index (χ2v) is 7.58. The lowest BCUT2D eigenvalue weighted by Crippen LogP contribution is -2.31. The van der Waals surface area contributed by atoms with Crippen molar-refractivity contribution in [3.63, 3.8) is 0 Å². The van der Waals surface area contributed by atoms with Crippen LogP contribution in [0.2, 0.25) is 5.02 Å². The summed E-state index contributed by atoms with van der Waals surface area (Å²) >= 11 is 5.92. The third kappa shape index (κ3) is 3.63. The van der Waals surface area contributed by atoms with E-state index in [1.165, 1.54) is 37.3 Å². The van der Waals surface area contributed by atoms with Crippen molar-refractivity contribution in [2.24, 2.45) is 0 Å². The number of anilines is 2. The highest BCUT2D eigenvalue weighted by atomic mass is 35.5. The minimum Gasteiger partial charge on any atom is -0.449 e. The SMILES string of the molecule is CC(OC(=O)c1cccc(Cl)c1N)C(=O)Nc1cccc2c1C(=O)c1ccccc1C2=O. The quantitative estimate of drug-likeness (QED) is 0.361. The molecule has 3 aromatic rings. The molecule has 0 heterocycles. The molecule has 0 saturated heterocycles. The van der Waals surface area contributed by atoms with Gasteiger partial charge in [-0.25, -0.2) is 4.79 Å². The van der Waals surface area contributed by atoms with E-state index in [0.717, 1.165) is 0 Å². The number of ether oxygens (including phenoxy) is 1. The topological polar surface area (TPSA) is 116 Å². The van der Waals surface area contributed by atoms with E-state index in [1.54, 1.807) is 30.3 Å². The molecule has 1 amide bonds. The second kappa shape index (κ2) is 8.28. The second-order valence-electron chi connectivity index (χ2n) is 7.17. The van der Waals surface area contributed by atoms with Crippen LogP contribution in [0.15, 0.2) is 60.7 Å². The Morgan fingerprint density at radius 3 is 2.25 bits per heavy atom. The third-order valence-corrected chi connectivity index (χ3v) is 5.47. The first kappa shape index (κ1) is 21.3. The Hall–Kier alpha value is -3.97. The zero-order valence-corrected chi connectivity index (χ0v) is 17.6. The van der Waals surface area contributed by atoms with E-state index < -0.39 is 18.0 Å². The summed E-state index contributed by atoms with van der Waals surface area (Å²) in [5.74, 6) is -2.17. The van der Waals surface area contributed by atoms with Gasteiger partial charge in [0, 0.05) is 16.7 Å². The predicted molar refractivity (Wildman–Crippen MR) is 119 cm³/mol. The number of hydrogen-bond donors (Lipinski definition) is 2. The highest BCUT2D eigenvalue weighted by Gasteiger charge is 2.32. The molecule has 0 fully saturated rings. The smallest absolute Gasteiger partial charge is 0.341 e. The number of halogens is 1. The maximum absolute atomic E-state index is 13.0. The molecule has 0 spiro atoms. The minimum absolute atomic E-state index is 0.0339. The van der Waals surface area contributed by atoms with Crippen molar-refractivity contribution in [2.45, 2.75) is 13.0 Å². The van der Waals surface area contributed by atoms with Crippen molar-refractivity contribution >= 4 is 46.4 Å². The van der Waals surface area contributed by atoms with Gasteiger partial charge in [-0.1, -0.05) is 54.1 Å². The Kier molecular flexibility index (Phi) is 5.50. The summed E-state index contributed by atoms with van der Waals surface area (Å²) in [6.45, 7) is 1.38. The van der Waals surface area contributed by atoms with Crippen molar-refractivity contribution < 1.29 is 23.9 Å². The summed E-state index contributed by atoms with van der Waals surface area (Å²) in [4.78, 5) is 51.0. The summed E-state index contributed by atoms with van der Waals surface area (Å²) in [6.07, 6.45) is -1.21. The van der Waals surface area contributed by atoms with E-state index in [0.29, 0.717) is 5.56 Å². The lowest BCUT2D eigenvalue weighted by atomic mass is 9.83. The number of nitrogens with two attached hydrogens (primary N) is 1. The lowest BCUT2D eigenvalue weighted by molar-refractivity contribution is -0.123. The summed E-state index contributed by atoms with van der Waals surface area (Å²) in [5, 5.41) is 2.78. The van der Waals surface area contributed by atoms with Crippen LogP contribution < -0.4 is 11.1 Å². The molecule has 3 N–H and O–H groups in total. The molecule has 0 radical (unpaired) electrons. The monoisotopic (exact) mass is 448 g/mol. The molecule has 0 saturated carbocycles. The van der Waals surface area contributed by atoms with Gasteiger partial charge in [-0.2, -0.15) is 0 Å². The van der Waals surface area contributed by atoms with Gasteiger partial charge in [0.15, 0.2) is 17.7 Å². The fraction of sp³-hybridized carbons (Fsp3) is 0.0833. The Bertz CT molecular complexity index is 1300. The van der Waals surface area contributed by atoms with Gasteiger partial charge in [0.2, 0.25) is 0 Å². The first-order valence-corrected chi connectivity index (χ1v) is 10.0. The van der Waals surface area contributed by atoms with E-state index in [4.69, 9.17) is 22.1 Å². The van der Waals surface area contributed by atoms with Crippen molar-refractivity contribution in [2.75, 3.05) is 11.1 Å². The average Bonchev–Trinajstić information content (AvgIpc) is 2.79. The van der Waals surface area contributed by atoms with Gasteiger partial charge in [-0.15, -0.1) is 0 Å². The molecular weight excluding hydrogens is 432 g/mol. The number of amides is 1. The lowest BCUT2D eigenvalue weighted by Gasteiger charge is -2.21. The first-order valence-electron chi connectivity index (χ1n) is 9.67. The van der Waals surface area contributed by atoms with E-state index in [2.05, 4.69) is 5.32 Å². The zero-order valence-electron chi connectivity index (χ0n) is 16.8. The van der Waals surface area contributed by atoms with Crippen molar-refractivity contribution in [3.8, 4) is 0 Å². The summed E-state index contributed by atoms with van der Waals surface area (Å²) in [7, 11) is 0. The summed E-state index contributed by atoms with van der Waals surface area (Å²) < 4.78 is 5.21. The number of carbonyl (C=O) groups is 4. The molecule has 8 heteroatoms. The molecule has 1 aliphatic carbocycles. The zero-order chi connectivity index (χ0) is 23.0. The highest BCUT2D eigenvalue weighted by molar-refractivity contribution is 6.34. The van der Waals surface area contributed by atoms with Gasteiger partial charge in [-0.05, 0) is 25.1 Å². The number of fused-ring (bicyclic) bond motifs is 2. The average molecular weight is 449 g/mol. The molecule has 160 valence electrons. The largest absolute Gasteiger partial charge is 0.449 e. The molecule has 0 aromatic heterocycles. The number of nitrogens with one attached hydrogen (secondary N) is 1. The molecule has 7 nitrogen and oxygen atoms in total. The fourth-order valence-corrected chi connectivity index (χ4v) is 3.65. The van der Waals surface area contributed by atoms with E-state index >= 15 is 0 Å². The summed E-state index contributed by atoms with van der Waals surface area (Å²) in [6, 6.07) is 15.6. The van der Waals surface area contributed by atoms with Crippen LogP contribution in [-0.2, 0) is 9.53 Å².